The number of benzene rings is 1. The fraction of sp³-hybridized carbons (Fsp3) is 0.429. The molecular weight excluding hydrogens is 340 g/mol. The number of ether oxygens (including phenoxy) is 1. The van der Waals surface area contributed by atoms with Crippen LogP contribution in [-0.2, 0) is 4.79 Å². The van der Waals surface area contributed by atoms with Gasteiger partial charge in [-0.2, -0.15) is 0 Å². The summed E-state index contributed by atoms with van der Waals surface area (Å²) in [5.41, 5.74) is 0.603. The zero-order valence-corrected chi connectivity index (χ0v) is 13.4. The maximum absolute atomic E-state index is 12.2. The number of amides is 2. The third-order valence-corrected chi connectivity index (χ3v) is 4.27. The van der Waals surface area contributed by atoms with Gasteiger partial charge in [0.2, 0.25) is 0 Å². The number of methoxy groups -OCH3 is 1. The second kappa shape index (κ2) is 6.34. The molecule has 0 radical (unpaired) electrons. The molecule has 7 heteroatoms. The Hall–Kier alpha value is -1.76. The van der Waals surface area contributed by atoms with Crippen molar-refractivity contribution < 1.29 is 19.4 Å². The number of carbonyl (C=O) groups excluding carboxylic acids is 1. The van der Waals surface area contributed by atoms with Crippen molar-refractivity contribution in [2.45, 2.75) is 6.92 Å². The summed E-state index contributed by atoms with van der Waals surface area (Å²) in [5, 5.41) is 11.9. The van der Waals surface area contributed by atoms with Crippen molar-refractivity contribution in [3.63, 3.8) is 0 Å². The summed E-state index contributed by atoms with van der Waals surface area (Å²) in [7, 11) is 1.55. The summed E-state index contributed by atoms with van der Waals surface area (Å²) in [6.07, 6.45) is 0. The number of carboxylic acids is 1. The van der Waals surface area contributed by atoms with Crippen molar-refractivity contribution in [2.24, 2.45) is 11.8 Å². The fourth-order valence-electron chi connectivity index (χ4n) is 2.39. The number of aliphatic carboxylic acids is 1. The Balaban J connectivity index is 2.04. The molecular formula is C14H17BrN2O4. The molecule has 0 bridgehead atoms. The highest BCUT2D eigenvalue weighted by molar-refractivity contribution is 9.10. The Morgan fingerprint density at radius 3 is 2.71 bits per heavy atom. The van der Waals surface area contributed by atoms with Gasteiger partial charge in [0.05, 0.1) is 17.5 Å². The van der Waals surface area contributed by atoms with E-state index < -0.39 is 11.9 Å². The number of carboxylic acid groups (broad SMARTS) is 1. The second-order valence-corrected chi connectivity index (χ2v) is 5.96. The van der Waals surface area contributed by atoms with E-state index in [1.807, 2.05) is 6.92 Å². The molecule has 1 aromatic carbocycles. The van der Waals surface area contributed by atoms with E-state index in [0.717, 1.165) is 4.47 Å². The first-order valence-corrected chi connectivity index (χ1v) is 7.34. The van der Waals surface area contributed by atoms with Crippen molar-refractivity contribution in [1.29, 1.82) is 0 Å². The highest BCUT2D eigenvalue weighted by Crippen LogP contribution is 2.29. The molecule has 1 fully saturated rings. The van der Waals surface area contributed by atoms with Crippen molar-refractivity contribution in [2.75, 3.05) is 25.5 Å². The largest absolute Gasteiger partial charge is 0.495 e. The SMILES string of the molecule is COc1cc(NC(=O)N2CC(C)C(C(=O)O)C2)ccc1Br. The van der Waals surface area contributed by atoms with E-state index in [2.05, 4.69) is 21.2 Å². The van der Waals surface area contributed by atoms with Crippen LogP contribution < -0.4 is 10.1 Å². The van der Waals surface area contributed by atoms with Gasteiger partial charge in [0.1, 0.15) is 5.75 Å². The van der Waals surface area contributed by atoms with Crippen LogP contribution in [0.4, 0.5) is 10.5 Å². The second-order valence-electron chi connectivity index (χ2n) is 5.11. The van der Waals surface area contributed by atoms with Gasteiger partial charge in [-0.1, -0.05) is 6.92 Å². The summed E-state index contributed by atoms with van der Waals surface area (Å²) in [5.74, 6) is -0.794. The van der Waals surface area contributed by atoms with E-state index in [1.165, 1.54) is 4.90 Å². The van der Waals surface area contributed by atoms with Gasteiger partial charge in [-0.3, -0.25) is 4.79 Å². The van der Waals surface area contributed by atoms with E-state index in [9.17, 15) is 9.59 Å². The van der Waals surface area contributed by atoms with E-state index >= 15 is 0 Å². The molecule has 0 saturated carbocycles. The smallest absolute Gasteiger partial charge is 0.321 e. The van der Waals surface area contributed by atoms with Crippen LogP contribution in [0.3, 0.4) is 0 Å². The van der Waals surface area contributed by atoms with E-state index in [0.29, 0.717) is 18.0 Å². The minimum Gasteiger partial charge on any atom is -0.495 e. The number of hydrogen-bond acceptors (Lipinski definition) is 3. The molecule has 0 spiro atoms. The van der Waals surface area contributed by atoms with Crippen molar-refractivity contribution in [3.8, 4) is 5.75 Å². The Morgan fingerprint density at radius 2 is 2.14 bits per heavy atom. The minimum atomic E-state index is -0.858. The zero-order chi connectivity index (χ0) is 15.6. The molecule has 2 N–H and O–H groups in total. The Labute approximate surface area is 131 Å². The third-order valence-electron chi connectivity index (χ3n) is 3.62. The summed E-state index contributed by atoms with van der Waals surface area (Å²) < 4.78 is 5.96. The zero-order valence-electron chi connectivity index (χ0n) is 11.8. The monoisotopic (exact) mass is 356 g/mol. The summed E-state index contributed by atoms with van der Waals surface area (Å²) in [6.45, 7) is 2.52. The summed E-state index contributed by atoms with van der Waals surface area (Å²) in [6, 6.07) is 4.94. The molecule has 21 heavy (non-hydrogen) atoms. The van der Waals surface area contributed by atoms with Crippen LogP contribution in [0.5, 0.6) is 5.75 Å². The van der Waals surface area contributed by atoms with Crippen molar-refractivity contribution >= 4 is 33.6 Å². The standard InChI is InChI=1S/C14H17BrN2O4/c1-8-6-17(7-10(8)13(18)19)14(20)16-9-3-4-11(15)12(5-9)21-2/h3-5,8,10H,6-7H2,1-2H3,(H,16,20)(H,18,19). The maximum atomic E-state index is 12.2. The van der Waals surface area contributed by atoms with Gasteiger partial charge in [0.25, 0.3) is 0 Å². The van der Waals surface area contributed by atoms with Gasteiger partial charge in [0.15, 0.2) is 0 Å². The molecule has 1 heterocycles. The summed E-state index contributed by atoms with van der Waals surface area (Å²) in [4.78, 5) is 24.8. The molecule has 1 aliphatic rings. The molecule has 0 aliphatic carbocycles. The number of likely N-dealkylation sites (tertiary alicyclic amines) is 1. The van der Waals surface area contributed by atoms with Crippen LogP contribution in [0, 0.1) is 11.8 Å². The lowest BCUT2D eigenvalue weighted by Gasteiger charge is -2.17. The van der Waals surface area contributed by atoms with Crippen LogP contribution in [0.25, 0.3) is 0 Å². The normalized spacial score (nSPS) is 21.2. The number of nitrogens with zero attached hydrogens (tertiary/aromatic N) is 1. The van der Waals surface area contributed by atoms with Gasteiger partial charge in [-0.15, -0.1) is 0 Å². The quantitative estimate of drug-likeness (QED) is 0.872. The van der Waals surface area contributed by atoms with Crippen molar-refractivity contribution in [1.82, 2.24) is 4.90 Å². The highest BCUT2D eigenvalue weighted by Gasteiger charge is 2.36. The molecule has 2 rings (SSSR count). The predicted octanol–water partition coefficient (Wildman–Crippen LogP) is 2.64. The van der Waals surface area contributed by atoms with Gasteiger partial charge >= 0.3 is 12.0 Å². The average molecular weight is 357 g/mol. The number of urea groups is 1. The van der Waals surface area contributed by atoms with Crippen molar-refractivity contribution in [3.05, 3.63) is 22.7 Å². The van der Waals surface area contributed by atoms with Crippen LogP contribution in [-0.4, -0.2) is 42.2 Å². The average Bonchev–Trinajstić information content (AvgIpc) is 2.83. The van der Waals surface area contributed by atoms with Crippen LogP contribution in [0.2, 0.25) is 0 Å². The number of nitrogens with one attached hydrogen (secondary N) is 1. The molecule has 6 nitrogen and oxygen atoms in total. The fourth-order valence-corrected chi connectivity index (χ4v) is 2.80. The molecule has 2 amide bonds. The molecule has 1 saturated heterocycles. The Morgan fingerprint density at radius 1 is 1.43 bits per heavy atom. The van der Waals surface area contributed by atoms with E-state index in [-0.39, 0.29) is 18.5 Å². The van der Waals surface area contributed by atoms with Gasteiger partial charge in [-0.05, 0) is 34.0 Å². The number of halogens is 1. The minimum absolute atomic E-state index is 0.0484. The molecule has 0 aromatic heterocycles. The van der Waals surface area contributed by atoms with E-state index in [1.54, 1.807) is 25.3 Å². The van der Waals surface area contributed by atoms with E-state index in [4.69, 9.17) is 9.84 Å². The molecule has 114 valence electrons. The summed E-state index contributed by atoms with van der Waals surface area (Å²) >= 11 is 3.34. The van der Waals surface area contributed by atoms with Crippen LogP contribution in [0.1, 0.15) is 6.92 Å². The first kappa shape index (κ1) is 15.6. The Bertz CT molecular complexity index is 564. The number of hydrogen-bond donors (Lipinski definition) is 2. The maximum Gasteiger partial charge on any atom is 0.321 e. The lowest BCUT2D eigenvalue weighted by molar-refractivity contribution is -0.142. The molecule has 1 aliphatic heterocycles. The third kappa shape index (κ3) is 3.47. The molecule has 2 atom stereocenters. The topological polar surface area (TPSA) is 78.9 Å². The highest BCUT2D eigenvalue weighted by atomic mass is 79.9. The number of anilines is 1. The lowest BCUT2D eigenvalue weighted by atomic mass is 9.99. The lowest BCUT2D eigenvalue weighted by Crippen LogP contribution is -2.33. The number of rotatable bonds is 3. The molecule has 2 unspecified atom stereocenters. The van der Waals surface area contributed by atoms with Crippen LogP contribution >= 0.6 is 15.9 Å². The number of carbonyl (C=O) groups is 2. The van der Waals surface area contributed by atoms with Gasteiger partial charge in [-0.25, -0.2) is 4.79 Å². The predicted molar refractivity (Wildman–Crippen MR) is 81.6 cm³/mol. The Kier molecular flexibility index (Phi) is 4.72. The first-order chi connectivity index (χ1) is 9.92. The first-order valence-electron chi connectivity index (χ1n) is 6.54. The van der Waals surface area contributed by atoms with Gasteiger partial charge in [0, 0.05) is 24.8 Å². The van der Waals surface area contributed by atoms with Crippen LogP contribution in [0.15, 0.2) is 22.7 Å². The van der Waals surface area contributed by atoms with Gasteiger partial charge < -0.3 is 20.1 Å². The molecule has 1 aromatic rings.